The molecule has 0 saturated carbocycles. The summed E-state index contributed by atoms with van der Waals surface area (Å²) in [5, 5.41) is 9.11. The van der Waals surface area contributed by atoms with E-state index in [4.69, 9.17) is 9.84 Å². The number of hydrogen-bond donors (Lipinski definition) is 1. The number of methoxy groups -OCH3 is 1. The second-order valence-electron chi connectivity index (χ2n) is 2.77. The number of halogens is 3. The molecule has 1 N–H and O–H groups in total. The molecule has 0 aliphatic heterocycles. The van der Waals surface area contributed by atoms with E-state index in [1.165, 1.54) is 13.2 Å². The van der Waals surface area contributed by atoms with E-state index in [9.17, 15) is 13.2 Å². The Morgan fingerprint density at radius 2 is 2.15 bits per heavy atom. The standard InChI is InChI=1S/C8H9F3O2/c1-13-6-2-4-7(12,5-3-6)8(9,10)11/h2-4,12H,5H2,1H3. The van der Waals surface area contributed by atoms with Crippen LogP contribution >= 0.6 is 0 Å². The molecule has 0 saturated heterocycles. The molecule has 0 radical (unpaired) electrons. The van der Waals surface area contributed by atoms with Gasteiger partial charge in [-0.25, -0.2) is 0 Å². The van der Waals surface area contributed by atoms with E-state index >= 15 is 0 Å². The van der Waals surface area contributed by atoms with Gasteiger partial charge in [0.1, 0.15) is 5.76 Å². The Kier molecular flexibility index (Phi) is 2.38. The number of allylic oxidation sites excluding steroid dienone is 1. The quantitative estimate of drug-likeness (QED) is 0.689. The number of rotatable bonds is 1. The van der Waals surface area contributed by atoms with E-state index in [-0.39, 0.29) is 0 Å². The molecule has 74 valence electrons. The first kappa shape index (κ1) is 10.1. The van der Waals surface area contributed by atoms with Gasteiger partial charge in [-0.05, 0) is 18.2 Å². The fourth-order valence-corrected chi connectivity index (χ4v) is 0.974. The third-order valence-corrected chi connectivity index (χ3v) is 1.86. The fourth-order valence-electron chi connectivity index (χ4n) is 0.974. The third-order valence-electron chi connectivity index (χ3n) is 1.86. The molecule has 1 aliphatic rings. The van der Waals surface area contributed by atoms with Crippen molar-refractivity contribution in [3.8, 4) is 0 Å². The van der Waals surface area contributed by atoms with Crippen LogP contribution in [-0.2, 0) is 4.74 Å². The summed E-state index contributed by atoms with van der Waals surface area (Å²) in [7, 11) is 1.36. The lowest BCUT2D eigenvalue weighted by Crippen LogP contribution is -2.43. The van der Waals surface area contributed by atoms with Crippen LogP contribution in [0, 0.1) is 0 Å². The second-order valence-corrected chi connectivity index (χ2v) is 2.77. The van der Waals surface area contributed by atoms with Crippen LogP contribution in [0.3, 0.4) is 0 Å². The molecule has 1 rings (SSSR count). The monoisotopic (exact) mass is 194 g/mol. The summed E-state index contributed by atoms with van der Waals surface area (Å²) < 4.78 is 41.2. The molecular weight excluding hydrogens is 185 g/mol. The third kappa shape index (κ3) is 1.85. The largest absolute Gasteiger partial charge is 0.497 e. The van der Waals surface area contributed by atoms with Gasteiger partial charge in [0.05, 0.1) is 7.11 Å². The lowest BCUT2D eigenvalue weighted by Gasteiger charge is -2.28. The molecule has 5 heteroatoms. The van der Waals surface area contributed by atoms with Crippen molar-refractivity contribution < 1.29 is 23.0 Å². The van der Waals surface area contributed by atoms with Gasteiger partial charge in [-0.1, -0.05) is 0 Å². The van der Waals surface area contributed by atoms with Crippen molar-refractivity contribution in [1.82, 2.24) is 0 Å². The van der Waals surface area contributed by atoms with E-state index in [0.29, 0.717) is 11.8 Å². The van der Waals surface area contributed by atoms with Crippen LogP contribution < -0.4 is 0 Å². The maximum atomic E-state index is 12.2. The molecule has 1 aliphatic carbocycles. The number of hydrogen-bond acceptors (Lipinski definition) is 2. The molecular formula is C8H9F3O2. The maximum absolute atomic E-state index is 12.2. The first-order valence-corrected chi connectivity index (χ1v) is 3.61. The van der Waals surface area contributed by atoms with Gasteiger partial charge in [-0.15, -0.1) is 0 Å². The predicted octanol–water partition coefficient (Wildman–Crippen LogP) is 1.77. The van der Waals surface area contributed by atoms with Gasteiger partial charge >= 0.3 is 6.18 Å². The molecule has 1 unspecified atom stereocenters. The summed E-state index contributed by atoms with van der Waals surface area (Å²) in [5.74, 6) is 0.328. The molecule has 0 fully saturated rings. The highest BCUT2D eigenvalue weighted by atomic mass is 19.4. The van der Waals surface area contributed by atoms with Gasteiger partial charge in [-0.2, -0.15) is 13.2 Å². The molecule has 0 aromatic heterocycles. The normalized spacial score (nSPS) is 28.5. The van der Waals surface area contributed by atoms with Crippen LogP contribution in [0.4, 0.5) is 13.2 Å². The van der Waals surface area contributed by atoms with E-state index < -0.39 is 18.2 Å². The Labute approximate surface area is 73.3 Å². The van der Waals surface area contributed by atoms with E-state index in [1.54, 1.807) is 0 Å². The molecule has 0 aromatic rings. The predicted molar refractivity (Wildman–Crippen MR) is 39.9 cm³/mol. The maximum Gasteiger partial charge on any atom is 0.421 e. The van der Waals surface area contributed by atoms with Crippen molar-refractivity contribution in [2.75, 3.05) is 7.11 Å². The summed E-state index contributed by atoms with van der Waals surface area (Å²) in [6, 6.07) is 0. The number of aliphatic hydroxyl groups is 1. The molecule has 1 atom stereocenters. The van der Waals surface area contributed by atoms with Crippen LogP contribution in [0.2, 0.25) is 0 Å². The fraction of sp³-hybridized carbons (Fsp3) is 0.500. The molecule has 0 spiro atoms. The minimum absolute atomic E-state index is 0.328. The van der Waals surface area contributed by atoms with Crippen molar-refractivity contribution >= 4 is 0 Å². The Bertz CT molecular complexity index is 255. The summed E-state index contributed by atoms with van der Waals surface area (Å²) in [6.07, 6.45) is -2.13. The van der Waals surface area contributed by atoms with Gasteiger partial charge in [0, 0.05) is 6.42 Å². The first-order valence-electron chi connectivity index (χ1n) is 3.61. The van der Waals surface area contributed by atoms with Crippen molar-refractivity contribution in [2.24, 2.45) is 0 Å². The Morgan fingerprint density at radius 1 is 1.54 bits per heavy atom. The smallest absolute Gasteiger partial charge is 0.421 e. The molecule has 13 heavy (non-hydrogen) atoms. The molecule has 0 bridgehead atoms. The summed E-state index contributed by atoms with van der Waals surface area (Å²) in [6.45, 7) is 0. The van der Waals surface area contributed by atoms with E-state index in [2.05, 4.69) is 0 Å². The van der Waals surface area contributed by atoms with E-state index in [0.717, 1.165) is 6.08 Å². The highest BCUT2D eigenvalue weighted by Crippen LogP contribution is 2.37. The minimum Gasteiger partial charge on any atom is -0.497 e. The van der Waals surface area contributed by atoms with Crippen molar-refractivity contribution in [3.63, 3.8) is 0 Å². The average molecular weight is 194 g/mol. The van der Waals surface area contributed by atoms with Crippen LogP contribution in [0.5, 0.6) is 0 Å². The molecule has 0 heterocycles. The topological polar surface area (TPSA) is 29.5 Å². The van der Waals surface area contributed by atoms with Crippen LogP contribution in [0.15, 0.2) is 24.0 Å². The minimum atomic E-state index is -4.64. The Morgan fingerprint density at radius 3 is 2.46 bits per heavy atom. The van der Waals surface area contributed by atoms with E-state index in [1.807, 2.05) is 0 Å². The Hall–Kier alpha value is -0.970. The van der Waals surface area contributed by atoms with Crippen molar-refractivity contribution in [3.05, 3.63) is 24.0 Å². The van der Waals surface area contributed by atoms with Crippen LogP contribution in [-0.4, -0.2) is 24.0 Å². The number of alkyl halides is 3. The zero-order valence-corrected chi connectivity index (χ0v) is 6.93. The Balaban J connectivity index is 2.81. The SMILES string of the molecule is COC1=CCC(O)(C(F)(F)F)C=C1. The van der Waals surface area contributed by atoms with Crippen molar-refractivity contribution in [1.29, 1.82) is 0 Å². The summed E-state index contributed by atoms with van der Waals surface area (Å²) in [5.41, 5.74) is -2.74. The second kappa shape index (κ2) is 3.06. The lowest BCUT2D eigenvalue weighted by atomic mass is 9.94. The molecule has 2 nitrogen and oxygen atoms in total. The van der Waals surface area contributed by atoms with Crippen LogP contribution in [0.25, 0.3) is 0 Å². The summed E-state index contributed by atoms with van der Waals surface area (Å²) in [4.78, 5) is 0. The molecule has 0 amide bonds. The van der Waals surface area contributed by atoms with Gasteiger partial charge in [0.15, 0.2) is 5.60 Å². The van der Waals surface area contributed by atoms with Gasteiger partial charge in [0.25, 0.3) is 0 Å². The van der Waals surface area contributed by atoms with Gasteiger partial charge in [-0.3, -0.25) is 0 Å². The lowest BCUT2D eigenvalue weighted by molar-refractivity contribution is -0.238. The first-order chi connectivity index (χ1) is 5.89. The van der Waals surface area contributed by atoms with Crippen LogP contribution in [0.1, 0.15) is 6.42 Å². The zero-order chi connectivity index (χ0) is 10.1. The highest BCUT2D eigenvalue weighted by molar-refractivity contribution is 5.25. The highest BCUT2D eigenvalue weighted by Gasteiger charge is 2.51. The molecule has 0 aromatic carbocycles. The van der Waals surface area contributed by atoms with Crippen molar-refractivity contribution in [2.45, 2.75) is 18.2 Å². The summed E-state index contributed by atoms with van der Waals surface area (Å²) >= 11 is 0. The zero-order valence-electron chi connectivity index (χ0n) is 6.93. The van der Waals surface area contributed by atoms with Gasteiger partial charge < -0.3 is 9.84 Å². The number of ether oxygens (including phenoxy) is 1. The van der Waals surface area contributed by atoms with Gasteiger partial charge in [0.2, 0.25) is 0 Å². The average Bonchev–Trinajstić information content (AvgIpc) is 2.04.